The van der Waals surface area contributed by atoms with Crippen molar-refractivity contribution in [3.8, 4) is 0 Å². The molecule has 0 aromatic rings. The molecule has 0 atom stereocenters. The second-order valence-corrected chi connectivity index (χ2v) is 8.11. The second kappa shape index (κ2) is 7.94. The molecule has 3 heteroatoms. The molecule has 1 aliphatic heterocycles. The highest BCUT2D eigenvalue weighted by Crippen LogP contribution is 2.30. The smallest absolute Gasteiger partial charge is 0.0608 e. The number of likely N-dealkylation sites (tertiary alicyclic amines) is 1. The van der Waals surface area contributed by atoms with Crippen molar-refractivity contribution < 1.29 is 4.74 Å². The van der Waals surface area contributed by atoms with Gasteiger partial charge in [-0.3, -0.25) is 0 Å². The van der Waals surface area contributed by atoms with Crippen molar-refractivity contribution in [1.29, 1.82) is 0 Å². The van der Waals surface area contributed by atoms with Crippen LogP contribution >= 0.6 is 0 Å². The minimum absolute atomic E-state index is 0.523. The molecule has 0 aromatic heterocycles. The fraction of sp³-hybridized carbons (Fsp3) is 1.00. The van der Waals surface area contributed by atoms with Gasteiger partial charge in [0.25, 0.3) is 0 Å². The van der Waals surface area contributed by atoms with Crippen LogP contribution in [0.1, 0.15) is 53.4 Å². The number of hydrogen-bond acceptors (Lipinski definition) is 3. The fourth-order valence-electron chi connectivity index (χ4n) is 3.75. The Hall–Kier alpha value is -0.120. The first kappa shape index (κ1) is 17.2. The molecule has 0 bridgehead atoms. The molecule has 0 N–H and O–H groups in total. The van der Waals surface area contributed by atoms with E-state index in [4.69, 9.17) is 4.74 Å². The molecule has 0 radical (unpaired) electrons. The zero-order chi connectivity index (χ0) is 15.4. The van der Waals surface area contributed by atoms with E-state index in [1.54, 1.807) is 0 Å². The predicted molar refractivity (Wildman–Crippen MR) is 89.7 cm³/mol. The summed E-state index contributed by atoms with van der Waals surface area (Å²) in [6.07, 6.45) is 6.01. The van der Waals surface area contributed by atoms with Gasteiger partial charge in [-0.1, -0.05) is 27.7 Å². The van der Waals surface area contributed by atoms with Crippen molar-refractivity contribution >= 4 is 0 Å². The molecule has 2 rings (SSSR count). The third kappa shape index (κ3) is 5.54. The zero-order valence-electron chi connectivity index (χ0n) is 14.8. The summed E-state index contributed by atoms with van der Waals surface area (Å²) in [7, 11) is 2.27. The van der Waals surface area contributed by atoms with Crippen LogP contribution in [-0.2, 0) is 4.74 Å². The summed E-state index contributed by atoms with van der Waals surface area (Å²) < 4.78 is 6.31. The lowest BCUT2D eigenvalue weighted by molar-refractivity contribution is -0.101. The molecule has 0 unspecified atom stereocenters. The molecule has 1 aliphatic carbocycles. The van der Waals surface area contributed by atoms with Crippen LogP contribution in [0.5, 0.6) is 0 Å². The average molecular weight is 296 g/mol. The van der Waals surface area contributed by atoms with Crippen LogP contribution in [0.3, 0.4) is 0 Å². The summed E-state index contributed by atoms with van der Waals surface area (Å²) in [5, 5.41) is 0. The Morgan fingerprint density at radius 2 is 1.62 bits per heavy atom. The van der Waals surface area contributed by atoms with Gasteiger partial charge in [0.2, 0.25) is 0 Å². The molecule has 2 aliphatic rings. The Bertz CT molecular complexity index is 292. The number of ether oxygens (including phenoxy) is 1. The quantitative estimate of drug-likeness (QED) is 0.717. The minimum atomic E-state index is 0.523. The normalized spacial score (nSPS) is 28.6. The van der Waals surface area contributed by atoms with Gasteiger partial charge in [-0.25, -0.2) is 0 Å². The van der Waals surface area contributed by atoms with E-state index in [1.165, 1.54) is 51.9 Å². The first-order valence-corrected chi connectivity index (χ1v) is 9.02. The maximum Gasteiger partial charge on any atom is 0.0608 e. The Morgan fingerprint density at radius 3 is 2.14 bits per heavy atom. The number of piperidine rings is 1. The maximum absolute atomic E-state index is 6.31. The van der Waals surface area contributed by atoms with Gasteiger partial charge in [-0.05, 0) is 44.6 Å². The van der Waals surface area contributed by atoms with E-state index in [0.717, 1.165) is 17.9 Å². The van der Waals surface area contributed by atoms with E-state index in [1.807, 2.05) is 0 Å². The molecule has 1 heterocycles. The Balaban J connectivity index is 1.59. The summed E-state index contributed by atoms with van der Waals surface area (Å²) in [6.45, 7) is 14.1. The van der Waals surface area contributed by atoms with Crippen molar-refractivity contribution in [2.45, 2.75) is 71.6 Å². The van der Waals surface area contributed by atoms with Gasteiger partial charge in [-0.2, -0.15) is 0 Å². The van der Waals surface area contributed by atoms with E-state index >= 15 is 0 Å². The fourth-order valence-corrected chi connectivity index (χ4v) is 3.75. The van der Waals surface area contributed by atoms with Gasteiger partial charge in [-0.15, -0.1) is 0 Å². The van der Waals surface area contributed by atoms with Gasteiger partial charge in [0, 0.05) is 32.2 Å². The molecule has 0 spiro atoms. The molecule has 1 saturated carbocycles. The van der Waals surface area contributed by atoms with Crippen LogP contribution < -0.4 is 0 Å². The highest BCUT2D eigenvalue weighted by Gasteiger charge is 2.35. The van der Waals surface area contributed by atoms with Gasteiger partial charge in [0.05, 0.1) is 12.2 Å². The van der Waals surface area contributed by atoms with Gasteiger partial charge < -0.3 is 14.5 Å². The van der Waals surface area contributed by atoms with E-state index in [-0.39, 0.29) is 0 Å². The third-order valence-electron chi connectivity index (χ3n) is 4.89. The van der Waals surface area contributed by atoms with Gasteiger partial charge >= 0.3 is 0 Å². The van der Waals surface area contributed by atoms with Gasteiger partial charge in [0.15, 0.2) is 0 Å². The lowest BCUT2D eigenvalue weighted by Gasteiger charge is -2.44. The number of rotatable bonds is 7. The molecule has 124 valence electrons. The predicted octanol–water partition coefficient (Wildman–Crippen LogP) is 3.24. The highest BCUT2D eigenvalue weighted by atomic mass is 16.5. The van der Waals surface area contributed by atoms with Crippen molar-refractivity contribution in [2.75, 3.05) is 33.2 Å². The monoisotopic (exact) mass is 296 g/mol. The molecule has 0 amide bonds. The lowest BCUT2D eigenvalue weighted by atomic mass is 9.87. The number of hydrogen-bond donors (Lipinski definition) is 0. The third-order valence-corrected chi connectivity index (χ3v) is 4.89. The van der Waals surface area contributed by atoms with Crippen LogP contribution in [-0.4, -0.2) is 61.3 Å². The van der Waals surface area contributed by atoms with Crippen LogP contribution in [0.15, 0.2) is 0 Å². The molecule has 0 aromatic carbocycles. The van der Waals surface area contributed by atoms with Crippen LogP contribution in [0, 0.1) is 11.8 Å². The summed E-state index contributed by atoms with van der Waals surface area (Å²) >= 11 is 0. The summed E-state index contributed by atoms with van der Waals surface area (Å²) in [4.78, 5) is 5.13. The molecular formula is C18H36N2O. The van der Waals surface area contributed by atoms with Crippen molar-refractivity contribution in [3.63, 3.8) is 0 Å². The highest BCUT2D eigenvalue weighted by molar-refractivity contribution is 4.88. The summed E-state index contributed by atoms with van der Waals surface area (Å²) in [6, 6.07) is 0.762. The molecule has 2 fully saturated rings. The van der Waals surface area contributed by atoms with Crippen LogP contribution in [0.2, 0.25) is 0 Å². The first-order valence-electron chi connectivity index (χ1n) is 9.02. The maximum atomic E-state index is 6.31. The number of nitrogens with zero attached hydrogens (tertiary/aromatic N) is 2. The summed E-state index contributed by atoms with van der Waals surface area (Å²) in [5.41, 5.74) is 0. The average Bonchev–Trinajstić information content (AvgIpc) is 2.33. The van der Waals surface area contributed by atoms with Crippen LogP contribution in [0.25, 0.3) is 0 Å². The van der Waals surface area contributed by atoms with Crippen molar-refractivity contribution in [3.05, 3.63) is 0 Å². The van der Waals surface area contributed by atoms with Gasteiger partial charge in [0.1, 0.15) is 0 Å². The molecular weight excluding hydrogens is 260 g/mol. The van der Waals surface area contributed by atoms with E-state index in [2.05, 4.69) is 44.5 Å². The van der Waals surface area contributed by atoms with Crippen LogP contribution in [0.4, 0.5) is 0 Å². The van der Waals surface area contributed by atoms with Crippen molar-refractivity contribution in [2.24, 2.45) is 11.8 Å². The standard InChI is InChI=1S/C18H36N2O/c1-14(2)12-19(5)16-10-18(11-16)21-17-6-8-20(9-7-17)13-15(3)4/h14-18H,6-13H2,1-5H3. The molecule has 1 saturated heterocycles. The van der Waals surface area contributed by atoms with Crippen molar-refractivity contribution in [1.82, 2.24) is 9.80 Å². The van der Waals surface area contributed by atoms with E-state index < -0.39 is 0 Å². The Labute approximate surface area is 132 Å². The lowest BCUT2D eigenvalue weighted by Crippen LogP contribution is -2.49. The molecule has 3 nitrogen and oxygen atoms in total. The largest absolute Gasteiger partial charge is 0.375 e. The second-order valence-electron chi connectivity index (χ2n) is 8.11. The summed E-state index contributed by atoms with van der Waals surface area (Å²) in [5.74, 6) is 1.55. The minimum Gasteiger partial charge on any atom is -0.375 e. The molecule has 21 heavy (non-hydrogen) atoms. The topological polar surface area (TPSA) is 15.7 Å². The Kier molecular flexibility index (Phi) is 6.51. The van der Waals surface area contributed by atoms with E-state index in [9.17, 15) is 0 Å². The van der Waals surface area contributed by atoms with E-state index in [0.29, 0.717) is 12.2 Å². The first-order chi connectivity index (χ1) is 9.94. The Morgan fingerprint density at radius 1 is 1.00 bits per heavy atom. The zero-order valence-corrected chi connectivity index (χ0v) is 14.8. The SMILES string of the molecule is CC(C)CN1CCC(OC2CC(N(C)CC(C)C)C2)CC1.